The van der Waals surface area contributed by atoms with Crippen LogP contribution in [0.1, 0.15) is 19.4 Å². The summed E-state index contributed by atoms with van der Waals surface area (Å²) in [6.07, 6.45) is -6.37. The van der Waals surface area contributed by atoms with E-state index in [1.54, 1.807) is 13.8 Å². The Kier molecular flexibility index (Phi) is 7.95. The average molecular weight is 388 g/mol. The lowest BCUT2D eigenvalue weighted by Crippen LogP contribution is -2.12. The molecule has 0 spiro atoms. The van der Waals surface area contributed by atoms with E-state index in [0.717, 1.165) is 6.07 Å². The van der Waals surface area contributed by atoms with E-state index in [4.69, 9.17) is 25.9 Å². The van der Waals surface area contributed by atoms with Gasteiger partial charge >= 0.3 is 6.18 Å². The zero-order chi connectivity index (χ0) is 19.0. The number of oxime groups is 1. The van der Waals surface area contributed by atoms with Gasteiger partial charge in [0.05, 0.1) is 10.7 Å². The molecule has 0 aliphatic carbocycles. The van der Waals surface area contributed by atoms with E-state index < -0.39 is 30.2 Å². The third-order valence-corrected chi connectivity index (χ3v) is 2.76. The molecule has 0 fully saturated rings. The zero-order valence-electron chi connectivity index (χ0n) is 13.3. The molecule has 0 aliphatic heterocycles. The van der Waals surface area contributed by atoms with Crippen LogP contribution < -0.4 is 9.47 Å². The predicted molar refractivity (Wildman–Crippen MR) is 82.5 cm³/mol. The van der Waals surface area contributed by atoms with Gasteiger partial charge < -0.3 is 14.3 Å². The van der Waals surface area contributed by atoms with Crippen molar-refractivity contribution in [1.29, 1.82) is 0 Å². The Morgan fingerprint density at radius 2 is 1.84 bits per heavy atom. The van der Waals surface area contributed by atoms with E-state index in [1.807, 2.05) is 0 Å². The first-order valence-corrected chi connectivity index (χ1v) is 7.29. The Morgan fingerprint density at radius 1 is 1.16 bits per heavy atom. The number of benzene rings is 1. The fourth-order valence-electron chi connectivity index (χ4n) is 1.57. The number of nitrogens with zero attached hydrogens (tertiary/aromatic N) is 1. The van der Waals surface area contributed by atoms with Crippen molar-refractivity contribution in [3.63, 3.8) is 0 Å². The lowest BCUT2D eigenvalue weighted by molar-refractivity contribution is -0.139. The molecule has 1 rings (SSSR count). The molecule has 0 aliphatic rings. The van der Waals surface area contributed by atoms with Gasteiger partial charge in [0.25, 0.3) is 6.08 Å². The predicted octanol–water partition coefficient (Wildman–Crippen LogP) is 5.31. The highest BCUT2D eigenvalue weighted by Crippen LogP contribution is 2.43. The zero-order valence-corrected chi connectivity index (χ0v) is 14.0. The molecule has 0 bridgehead atoms. The minimum absolute atomic E-state index is 0.0857. The second-order valence-corrected chi connectivity index (χ2v) is 5.21. The lowest BCUT2D eigenvalue weighted by atomic mass is 10.2. The summed E-state index contributed by atoms with van der Waals surface area (Å²) in [6.45, 7) is 2.45. The number of ether oxygens (including phenoxy) is 2. The van der Waals surface area contributed by atoms with Gasteiger partial charge in [0.2, 0.25) is 0 Å². The highest BCUT2D eigenvalue weighted by Gasteiger charge is 2.36. The van der Waals surface area contributed by atoms with Gasteiger partial charge in [-0.15, -0.1) is 0 Å². The maximum absolute atomic E-state index is 13.2. The summed E-state index contributed by atoms with van der Waals surface area (Å²) in [6, 6.07) is 1.67. The third-order valence-electron chi connectivity index (χ3n) is 2.48. The summed E-state index contributed by atoms with van der Waals surface area (Å²) in [7, 11) is 0. The van der Waals surface area contributed by atoms with Crippen molar-refractivity contribution in [1.82, 2.24) is 0 Å². The molecule has 1 aromatic rings. The number of hydrogen-bond donors (Lipinski definition) is 0. The molecule has 0 N–H and O–H groups in total. The van der Waals surface area contributed by atoms with Gasteiger partial charge in [-0.2, -0.15) is 22.0 Å². The quantitative estimate of drug-likeness (QED) is 0.263. The van der Waals surface area contributed by atoms with Crippen molar-refractivity contribution in [3.05, 3.63) is 34.9 Å². The smallest absolute Gasteiger partial charge is 0.420 e. The molecule has 0 amide bonds. The van der Waals surface area contributed by atoms with E-state index in [9.17, 15) is 22.0 Å². The molecule has 0 heterocycles. The van der Waals surface area contributed by atoms with Crippen molar-refractivity contribution in [2.75, 3.05) is 19.8 Å². The van der Waals surface area contributed by atoms with Crippen LogP contribution in [0.5, 0.6) is 11.5 Å². The Bertz CT molecular complexity index is 639. The van der Waals surface area contributed by atoms with Crippen LogP contribution in [0.4, 0.5) is 22.0 Å². The maximum Gasteiger partial charge on any atom is 0.420 e. The third kappa shape index (κ3) is 7.59. The van der Waals surface area contributed by atoms with Crippen molar-refractivity contribution < 1.29 is 36.3 Å². The van der Waals surface area contributed by atoms with E-state index >= 15 is 0 Å². The molecule has 0 saturated heterocycles. The van der Waals surface area contributed by atoms with Crippen LogP contribution in [0.25, 0.3) is 0 Å². The van der Waals surface area contributed by atoms with Crippen LogP contribution in [0.3, 0.4) is 0 Å². The van der Waals surface area contributed by atoms with E-state index in [1.165, 1.54) is 0 Å². The summed E-state index contributed by atoms with van der Waals surface area (Å²) in [5, 5.41) is 3.24. The Labute approximate surface area is 145 Å². The molecule has 0 radical (unpaired) electrons. The summed E-state index contributed by atoms with van der Waals surface area (Å²) in [4.78, 5) is 4.82. The van der Waals surface area contributed by atoms with Gasteiger partial charge in [-0.3, -0.25) is 0 Å². The van der Waals surface area contributed by atoms with Gasteiger partial charge in [-0.1, -0.05) is 16.8 Å². The summed E-state index contributed by atoms with van der Waals surface area (Å²) < 4.78 is 73.2. The second-order valence-electron chi connectivity index (χ2n) is 4.80. The molecule has 25 heavy (non-hydrogen) atoms. The van der Waals surface area contributed by atoms with Crippen LogP contribution >= 0.6 is 11.6 Å². The molecule has 0 unspecified atom stereocenters. The van der Waals surface area contributed by atoms with Crippen LogP contribution in [0.15, 0.2) is 29.4 Å². The Balaban J connectivity index is 2.92. The molecule has 0 atom stereocenters. The largest absolute Gasteiger partial charge is 0.489 e. The van der Waals surface area contributed by atoms with Crippen molar-refractivity contribution >= 4 is 17.3 Å². The normalized spacial score (nSPS) is 10.9. The Morgan fingerprint density at radius 3 is 2.40 bits per heavy atom. The molecule has 0 aromatic heterocycles. The maximum atomic E-state index is 13.2. The van der Waals surface area contributed by atoms with Crippen molar-refractivity contribution in [2.45, 2.75) is 20.0 Å². The number of rotatable bonds is 8. The monoisotopic (exact) mass is 387 g/mol. The SMILES string of the molecule is CC(C)=NOCCOc1c(Cl)cc(OCC=C(F)F)cc1C(F)(F)F. The van der Waals surface area contributed by atoms with Gasteiger partial charge in [-0.05, 0) is 19.9 Å². The van der Waals surface area contributed by atoms with E-state index in [-0.39, 0.29) is 24.0 Å². The number of hydrogen-bond acceptors (Lipinski definition) is 4. The molecule has 0 saturated carbocycles. The first-order chi connectivity index (χ1) is 11.6. The molecule has 4 nitrogen and oxygen atoms in total. The minimum Gasteiger partial charge on any atom is -0.489 e. The molecular weight excluding hydrogens is 373 g/mol. The molecular formula is C15H15ClF5NO3. The van der Waals surface area contributed by atoms with Crippen molar-refractivity contribution in [2.24, 2.45) is 5.16 Å². The van der Waals surface area contributed by atoms with Crippen LogP contribution in [-0.2, 0) is 11.0 Å². The van der Waals surface area contributed by atoms with Crippen LogP contribution in [-0.4, -0.2) is 25.5 Å². The summed E-state index contributed by atoms with van der Waals surface area (Å²) >= 11 is 5.81. The van der Waals surface area contributed by atoms with Gasteiger partial charge in [-0.25, -0.2) is 0 Å². The number of halogens is 6. The standard InChI is InChI=1S/C15H15ClF5NO3/c1-9(2)22-25-6-5-24-14-11(15(19,20)21)7-10(8-12(14)16)23-4-3-13(17)18/h3,7-8H,4-6H2,1-2H3. The topological polar surface area (TPSA) is 40.0 Å². The van der Waals surface area contributed by atoms with Crippen LogP contribution in [0, 0.1) is 0 Å². The summed E-state index contributed by atoms with van der Waals surface area (Å²) in [5.74, 6) is -0.917. The first-order valence-electron chi connectivity index (χ1n) is 6.92. The molecule has 1 aromatic carbocycles. The first kappa shape index (κ1) is 21.0. The van der Waals surface area contributed by atoms with E-state index in [0.29, 0.717) is 17.9 Å². The average Bonchev–Trinajstić information content (AvgIpc) is 2.46. The molecule has 10 heteroatoms. The van der Waals surface area contributed by atoms with Gasteiger partial charge in [0.1, 0.15) is 24.5 Å². The van der Waals surface area contributed by atoms with E-state index in [2.05, 4.69) is 5.16 Å². The fraction of sp³-hybridized carbons (Fsp3) is 0.400. The lowest BCUT2D eigenvalue weighted by Gasteiger charge is -2.17. The Hall–Kier alpha value is -2.03. The minimum atomic E-state index is -4.78. The van der Waals surface area contributed by atoms with Gasteiger partial charge in [0, 0.05) is 12.1 Å². The fourth-order valence-corrected chi connectivity index (χ4v) is 1.83. The highest BCUT2D eigenvalue weighted by atomic mass is 35.5. The van der Waals surface area contributed by atoms with Gasteiger partial charge in [0.15, 0.2) is 12.4 Å². The molecule has 140 valence electrons. The second kappa shape index (κ2) is 9.45. The summed E-state index contributed by atoms with van der Waals surface area (Å²) in [5.41, 5.74) is -0.552. The number of alkyl halides is 3. The van der Waals surface area contributed by atoms with Crippen molar-refractivity contribution in [3.8, 4) is 11.5 Å². The highest BCUT2D eigenvalue weighted by molar-refractivity contribution is 6.32. The van der Waals surface area contributed by atoms with Crippen LogP contribution in [0.2, 0.25) is 5.02 Å².